The van der Waals surface area contributed by atoms with Gasteiger partial charge in [0.15, 0.2) is 0 Å². The maximum Gasteiger partial charge on any atom is 0.230 e. The molecule has 0 saturated carbocycles. The van der Waals surface area contributed by atoms with Crippen LogP contribution in [0.2, 0.25) is 0 Å². The first-order valence-electron chi connectivity index (χ1n) is 11.3. The average molecular weight is 430 g/mol. The summed E-state index contributed by atoms with van der Waals surface area (Å²) >= 11 is 1.65. The quantitative estimate of drug-likeness (QED) is 0.534. The van der Waals surface area contributed by atoms with Gasteiger partial charge >= 0.3 is 0 Å². The average Bonchev–Trinajstić information content (AvgIpc) is 3.47. The van der Waals surface area contributed by atoms with Crippen LogP contribution in [0.5, 0.6) is 0 Å². The molecule has 1 aromatic rings. The lowest BCUT2D eigenvalue weighted by Crippen LogP contribution is -2.44. The van der Waals surface area contributed by atoms with E-state index in [9.17, 15) is 9.59 Å². The molecule has 1 N–H and O–H groups in total. The van der Waals surface area contributed by atoms with Crippen molar-refractivity contribution in [3.8, 4) is 0 Å². The van der Waals surface area contributed by atoms with Gasteiger partial charge in [0.25, 0.3) is 0 Å². The normalized spacial score (nSPS) is 33.1. The van der Waals surface area contributed by atoms with Crippen molar-refractivity contribution in [3.05, 3.63) is 34.5 Å². The van der Waals surface area contributed by atoms with E-state index in [2.05, 4.69) is 10.2 Å². The first-order valence-corrected chi connectivity index (χ1v) is 12.2. The fourth-order valence-corrected chi connectivity index (χ4v) is 6.31. The van der Waals surface area contributed by atoms with Crippen molar-refractivity contribution >= 4 is 23.2 Å². The lowest BCUT2D eigenvalue weighted by atomic mass is 9.77. The number of hydrogen-bond donors (Lipinski definition) is 1. The van der Waals surface area contributed by atoms with E-state index in [1.165, 1.54) is 38.8 Å². The molecular formula is C23H31N3O3S. The number of carbonyl (C=O) groups excluding carboxylic acids is 2. The van der Waals surface area contributed by atoms with Crippen molar-refractivity contribution < 1.29 is 14.3 Å². The summed E-state index contributed by atoms with van der Waals surface area (Å²) in [5, 5.41) is 5.13. The van der Waals surface area contributed by atoms with Gasteiger partial charge in [-0.1, -0.05) is 31.1 Å². The van der Waals surface area contributed by atoms with E-state index >= 15 is 0 Å². The van der Waals surface area contributed by atoms with E-state index < -0.39 is 17.4 Å². The van der Waals surface area contributed by atoms with Crippen LogP contribution in [-0.2, 0) is 20.9 Å². The van der Waals surface area contributed by atoms with E-state index in [1.807, 2.05) is 34.6 Å². The van der Waals surface area contributed by atoms with Gasteiger partial charge < -0.3 is 19.9 Å². The molecule has 6 nitrogen and oxygen atoms in total. The van der Waals surface area contributed by atoms with Gasteiger partial charge in [-0.3, -0.25) is 9.59 Å². The minimum atomic E-state index is -0.618. The second-order valence-corrected chi connectivity index (χ2v) is 10.1. The van der Waals surface area contributed by atoms with Gasteiger partial charge in [0.2, 0.25) is 11.8 Å². The number of nitrogens with zero attached hydrogens (tertiary/aromatic N) is 2. The summed E-state index contributed by atoms with van der Waals surface area (Å²) in [7, 11) is 0. The second kappa shape index (κ2) is 8.44. The molecule has 4 aliphatic heterocycles. The summed E-state index contributed by atoms with van der Waals surface area (Å²) in [5.41, 5.74) is -0.618. The minimum absolute atomic E-state index is 0.0292. The van der Waals surface area contributed by atoms with Crippen LogP contribution in [0.1, 0.15) is 37.0 Å². The summed E-state index contributed by atoms with van der Waals surface area (Å²) in [5.74, 6) is -0.773. The van der Waals surface area contributed by atoms with Crippen LogP contribution in [0.3, 0.4) is 0 Å². The van der Waals surface area contributed by atoms with Crippen LogP contribution in [0.4, 0.5) is 0 Å². The third kappa shape index (κ3) is 3.72. The predicted molar refractivity (Wildman–Crippen MR) is 116 cm³/mol. The summed E-state index contributed by atoms with van der Waals surface area (Å²) in [6.45, 7) is 5.19. The molecule has 2 amide bonds. The van der Waals surface area contributed by atoms with E-state index in [0.717, 1.165) is 17.8 Å². The Labute approximate surface area is 182 Å². The summed E-state index contributed by atoms with van der Waals surface area (Å²) in [6, 6.07) is 4.05. The maximum absolute atomic E-state index is 13.2. The monoisotopic (exact) mass is 429 g/mol. The zero-order valence-electron chi connectivity index (χ0n) is 17.4. The first kappa shape index (κ1) is 20.2. The molecule has 0 aromatic carbocycles. The number of amides is 2. The third-order valence-corrected chi connectivity index (χ3v) is 7.92. The number of ether oxygens (including phenoxy) is 1. The number of hydrogen-bond acceptors (Lipinski definition) is 5. The van der Waals surface area contributed by atoms with Crippen molar-refractivity contribution in [3.63, 3.8) is 0 Å². The SMILES string of the molecule is O=C(NCCCN1CCCCCC1)C1[C@H]2C=CC3(CN(Cc4cccs4)C(=O)[C@@H]13)O2. The van der Waals surface area contributed by atoms with Crippen LogP contribution >= 0.6 is 11.3 Å². The molecule has 2 bridgehead atoms. The molecule has 2 unspecified atom stereocenters. The van der Waals surface area contributed by atoms with Crippen molar-refractivity contribution in [2.45, 2.75) is 50.4 Å². The minimum Gasteiger partial charge on any atom is -0.360 e. The number of rotatable bonds is 7. The van der Waals surface area contributed by atoms with Gasteiger partial charge in [0.1, 0.15) is 5.60 Å². The Hall–Kier alpha value is -1.70. The van der Waals surface area contributed by atoms with Crippen molar-refractivity contribution in [2.24, 2.45) is 11.8 Å². The van der Waals surface area contributed by atoms with Crippen LogP contribution in [-0.4, -0.2) is 66.0 Å². The Morgan fingerprint density at radius 1 is 1.27 bits per heavy atom. The lowest BCUT2D eigenvalue weighted by molar-refractivity contribution is -0.137. The lowest BCUT2D eigenvalue weighted by Gasteiger charge is -2.24. The van der Waals surface area contributed by atoms with Crippen LogP contribution < -0.4 is 5.32 Å². The molecule has 3 fully saturated rings. The van der Waals surface area contributed by atoms with Crippen molar-refractivity contribution in [1.82, 2.24) is 15.1 Å². The summed E-state index contributed by atoms with van der Waals surface area (Å²) < 4.78 is 6.21. The fraction of sp³-hybridized carbons (Fsp3) is 0.652. The molecular weight excluding hydrogens is 398 g/mol. The van der Waals surface area contributed by atoms with Gasteiger partial charge in [0.05, 0.1) is 31.0 Å². The molecule has 30 heavy (non-hydrogen) atoms. The second-order valence-electron chi connectivity index (χ2n) is 9.07. The van der Waals surface area contributed by atoms with Crippen molar-refractivity contribution in [2.75, 3.05) is 32.7 Å². The first-order chi connectivity index (χ1) is 14.7. The Balaban J connectivity index is 1.17. The van der Waals surface area contributed by atoms with Crippen LogP contribution in [0.25, 0.3) is 0 Å². The number of carbonyl (C=O) groups is 2. The van der Waals surface area contributed by atoms with Crippen LogP contribution in [0, 0.1) is 11.8 Å². The number of fused-ring (bicyclic) bond motifs is 1. The largest absolute Gasteiger partial charge is 0.360 e. The Morgan fingerprint density at radius 2 is 2.10 bits per heavy atom. The smallest absolute Gasteiger partial charge is 0.230 e. The van der Waals surface area contributed by atoms with Gasteiger partial charge in [-0.05, 0) is 50.3 Å². The molecule has 3 saturated heterocycles. The number of likely N-dealkylation sites (tertiary alicyclic amines) is 2. The van der Waals surface area contributed by atoms with E-state index in [4.69, 9.17) is 4.74 Å². The number of nitrogens with one attached hydrogen (secondary N) is 1. The molecule has 4 atom stereocenters. The molecule has 162 valence electrons. The highest BCUT2D eigenvalue weighted by molar-refractivity contribution is 7.09. The molecule has 5 rings (SSSR count). The molecule has 7 heteroatoms. The summed E-state index contributed by atoms with van der Waals surface area (Å²) in [6.07, 6.45) is 9.94. The topological polar surface area (TPSA) is 61.9 Å². The Kier molecular flexibility index (Phi) is 5.69. The fourth-order valence-electron chi connectivity index (χ4n) is 5.59. The van der Waals surface area contributed by atoms with Gasteiger partial charge in [0, 0.05) is 11.4 Å². The Morgan fingerprint density at radius 3 is 2.87 bits per heavy atom. The van der Waals surface area contributed by atoms with Crippen molar-refractivity contribution in [1.29, 1.82) is 0 Å². The van der Waals surface area contributed by atoms with E-state index in [1.54, 1.807) is 11.3 Å². The summed E-state index contributed by atoms with van der Waals surface area (Å²) in [4.78, 5) is 31.8. The highest BCUT2D eigenvalue weighted by atomic mass is 32.1. The van der Waals surface area contributed by atoms with Gasteiger partial charge in [-0.15, -0.1) is 11.3 Å². The standard InChI is InChI=1S/C23H31N3O3S/c27-21(24-10-6-13-25-11-3-1-2-4-12-25)19-18-8-9-23(29-18)16-26(22(28)20(19)23)15-17-7-5-14-30-17/h5,7-9,14,18-20H,1-4,6,10-13,15-16H2,(H,24,27)/t18-,19?,20-,23?/m1/s1. The third-order valence-electron chi connectivity index (χ3n) is 7.06. The molecule has 0 aliphatic carbocycles. The zero-order valence-corrected chi connectivity index (χ0v) is 18.2. The highest BCUT2D eigenvalue weighted by Gasteiger charge is 2.66. The highest BCUT2D eigenvalue weighted by Crippen LogP contribution is 2.52. The molecule has 1 spiro atoms. The van der Waals surface area contributed by atoms with Gasteiger partial charge in [-0.2, -0.15) is 0 Å². The van der Waals surface area contributed by atoms with Crippen LogP contribution in [0.15, 0.2) is 29.7 Å². The number of thiophene rings is 1. The molecule has 5 heterocycles. The Bertz CT molecular complexity index is 803. The predicted octanol–water partition coefficient (Wildman–Crippen LogP) is 2.41. The van der Waals surface area contributed by atoms with E-state index in [-0.39, 0.29) is 17.9 Å². The maximum atomic E-state index is 13.2. The molecule has 1 aromatic heterocycles. The molecule has 0 radical (unpaired) electrons. The molecule has 4 aliphatic rings. The van der Waals surface area contributed by atoms with Gasteiger partial charge in [-0.25, -0.2) is 0 Å². The zero-order chi connectivity index (χ0) is 20.6. The van der Waals surface area contributed by atoms with E-state index in [0.29, 0.717) is 19.6 Å².